The van der Waals surface area contributed by atoms with Crippen molar-refractivity contribution in [2.45, 2.75) is 102 Å². The van der Waals surface area contributed by atoms with E-state index in [1.165, 1.54) is 25.7 Å². The highest BCUT2D eigenvalue weighted by molar-refractivity contribution is 5.90. The van der Waals surface area contributed by atoms with Crippen LogP contribution in [0.3, 0.4) is 0 Å². The van der Waals surface area contributed by atoms with Gasteiger partial charge in [0.2, 0.25) is 0 Å². The minimum atomic E-state index is -0.0572. The van der Waals surface area contributed by atoms with Gasteiger partial charge in [-0.2, -0.15) is 0 Å². The number of anilines is 4. The molecule has 2 fully saturated rings. The van der Waals surface area contributed by atoms with Crippen molar-refractivity contribution >= 4 is 34.8 Å². The maximum Gasteiger partial charge on any atom is 0.322 e. The van der Waals surface area contributed by atoms with Crippen LogP contribution in [0, 0.1) is 0 Å². The van der Waals surface area contributed by atoms with Crippen molar-refractivity contribution in [3.63, 3.8) is 0 Å². The number of hydrogen-bond acceptors (Lipinski definition) is 4. The summed E-state index contributed by atoms with van der Waals surface area (Å²) in [5.74, 6) is 0. The first-order valence-corrected chi connectivity index (χ1v) is 17.3. The molecular formula is C38H52N6O2. The van der Waals surface area contributed by atoms with Gasteiger partial charge in [0.15, 0.2) is 0 Å². The van der Waals surface area contributed by atoms with Crippen LogP contribution in [-0.2, 0) is 13.1 Å². The quantitative estimate of drug-likeness (QED) is 0.169. The fourth-order valence-corrected chi connectivity index (χ4v) is 6.92. The van der Waals surface area contributed by atoms with Crippen LogP contribution in [0.5, 0.6) is 0 Å². The third-order valence-corrected chi connectivity index (χ3v) is 9.60. The van der Waals surface area contributed by atoms with E-state index in [1.807, 2.05) is 72.4 Å². The fraction of sp³-hybridized carbons (Fsp3) is 0.474. The Bertz CT molecular complexity index is 1270. The second-order valence-corrected chi connectivity index (χ2v) is 12.9. The third kappa shape index (κ3) is 9.41. The maximum atomic E-state index is 13.8. The monoisotopic (exact) mass is 624 g/mol. The summed E-state index contributed by atoms with van der Waals surface area (Å²) in [5, 5.41) is 12.6. The Balaban J connectivity index is 1.34. The van der Waals surface area contributed by atoms with E-state index in [2.05, 4.69) is 45.5 Å². The number of nitrogens with one attached hydrogen (secondary N) is 4. The second-order valence-electron chi connectivity index (χ2n) is 12.9. The summed E-state index contributed by atoms with van der Waals surface area (Å²) in [6, 6.07) is 24.4. The van der Waals surface area contributed by atoms with Gasteiger partial charge < -0.3 is 31.1 Å². The van der Waals surface area contributed by atoms with Crippen molar-refractivity contribution < 1.29 is 9.59 Å². The predicted molar refractivity (Wildman–Crippen MR) is 191 cm³/mol. The zero-order chi connectivity index (χ0) is 32.1. The molecule has 46 heavy (non-hydrogen) atoms. The molecule has 0 atom stereocenters. The molecule has 2 aliphatic carbocycles. The van der Waals surface area contributed by atoms with Crippen LogP contribution >= 0.6 is 0 Å². The standard InChI is InChI=1S/C38H52N6O2/c1-39-31-18-22-33(23-19-31)41-37(45)43(35-14-7-3-4-8-15-35)27-29-12-11-13-30(26-29)28-44(36-16-9-5-6-10-17-36)38(46)42-34-24-20-32(40-2)21-25-34/h11-13,18-26,35-36,39-40H,3-10,14-17,27-28H2,1-2H3,(H,41,45)(H,42,46). The lowest BCUT2D eigenvalue weighted by molar-refractivity contribution is 0.174. The molecule has 0 unspecified atom stereocenters. The summed E-state index contributed by atoms with van der Waals surface area (Å²) in [6.07, 6.45) is 13.6. The number of hydrogen-bond donors (Lipinski definition) is 4. The molecule has 3 aromatic rings. The summed E-state index contributed by atoms with van der Waals surface area (Å²) in [4.78, 5) is 31.7. The van der Waals surface area contributed by atoms with Gasteiger partial charge in [-0.25, -0.2) is 9.59 Å². The summed E-state index contributed by atoms with van der Waals surface area (Å²) in [5.41, 5.74) is 5.78. The molecule has 2 aliphatic rings. The first-order chi connectivity index (χ1) is 22.5. The van der Waals surface area contributed by atoms with Crippen molar-refractivity contribution in [3.8, 4) is 0 Å². The molecule has 0 saturated heterocycles. The van der Waals surface area contributed by atoms with E-state index >= 15 is 0 Å². The lowest BCUT2D eigenvalue weighted by atomic mass is 10.0. The zero-order valence-corrected chi connectivity index (χ0v) is 27.7. The highest BCUT2D eigenvalue weighted by atomic mass is 16.2. The van der Waals surface area contributed by atoms with Crippen LogP contribution in [-0.4, -0.2) is 48.0 Å². The zero-order valence-electron chi connectivity index (χ0n) is 27.7. The smallest absolute Gasteiger partial charge is 0.322 e. The van der Waals surface area contributed by atoms with E-state index in [4.69, 9.17) is 0 Å². The highest BCUT2D eigenvalue weighted by Gasteiger charge is 2.27. The number of carbonyl (C=O) groups excluding carboxylic acids is 2. The van der Waals surface area contributed by atoms with Gasteiger partial charge in [-0.05, 0) is 85.3 Å². The number of carbonyl (C=O) groups is 2. The molecule has 8 heteroatoms. The van der Waals surface area contributed by atoms with Gasteiger partial charge >= 0.3 is 12.1 Å². The molecule has 0 radical (unpaired) electrons. The first kappa shape index (κ1) is 33.2. The topological polar surface area (TPSA) is 88.7 Å². The average Bonchev–Trinajstić information content (AvgIpc) is 3.53. The van der Waals surface area contributed by atoms with Crippen LogP contribution in [0.2, 0.25) is 0 Å². The second kappa shape index (κ2) is 16.9. The van der Waals surface area contributed by atoms with Crippen molar-refractivity contribution in [1.82, 2.24) is 9.80 Å². The highest BCUT2D eigenvalue weighted by Crippen LogP contribution is 2.27. The van der Waals surface area contributed by atoms with Crippen molar-refractivity contribution in [2.75, 3.05) is 35.4 Å². The van der Waals surface area contributed by atoms with Crippen molar-refractivity contribution in [3.05, 3.63) is 83.9 Å². The van der Waals surface area contributed by atoms with Gasteiger partial charge in [0.25, 0.3) is 0 Å². The van der Waals surface area contributed by atoms with Gasteiger partial charge in [0.05, 0.1) is 0 Å². The van der Waals surface area contributed by atoms with E-state index in [0.29, 0.717) is 13.1 Å². The van der Waals surface area contributed by atoms with Crippen LogP contribution < -0.4 is 21.3 Å². The summed E-state index contributed by atoms with van der Waals surface area (Å²) < 4.78 is 0. The van der Waals surface area contributed by atoms with E-state index in [-0.39, 0.29) is 24.1 Å². The van der Waals surface area contributed by atoms with Crippen molar-refractivity contribution in [1.29, 1.82) is 0 Å². The molecule has 0 heterocycles. The SMILES string of the molecule is CNc1ccc(NC(=O)N(Cc2cccc(CN(C(=O)Nc3ccc(NC)cc3)C3CCCCCC3)c2)C2CCCCCC2)cc1. The number of nitrogens with zero attached hydrogens (tertiary/aromatic N) is 2. The molecule has 5 rings (SSSR count). The number of benzene rings is 3. The van der Waals surface area contributed by atoms with Crippen LogP contribution in [0.25, 0.3) is 0 Å². The van der Waals surface area contributed by atoms with Crippen LogP contribution in [0.1, 0.15) is 88.2 Å². The normalized spacial score (nSPS) is 16.0. The van der Waals surface area contributed by atoms with Gasteiger partial charge in [-0.1, -0.05) is 75.6 Å². The van der Waals surface area contributed by atoms with E-state index < -0.39 is 0 Å². The van der Waals surface area contributed by atoms with Gasteiger partial charge in [0.1, 0.15) is 0 Å². The Morgan fingerprint density at radius 2 is 0.891 bits per heavy atom. The molecule has 8 nitrogen and oxygen atoms in total. The van der Waals surface area contributed by atoms with Gasteiger partial charge in [0, 0.05) is 62.0 Å². The lowest BCUT2D eigenvalue weighted by Gasteiger charge is -2.33. The Hall–Kier alpha value is -4.20. The number of rotatable bonds is 10. The largest absolute Gasteiger partial charge is 0.388 e. The molecule has 246 valence electrons. The molecule has 0 aromatic heterocycles. The number of urea groups is 2. The summed E-state index contributed by atoms with van der Waals surface area (Å²) in [6.45, 7) is 1.07. The Labute approximate surface area is 275 Å². The lowest BCUT2D eigenvalue weighted by Crippen LogP contribution is -2.42. The summed E-state index contributed by atoms with van der Waals surface area (Å²) >= 11 is 0. The molecule has 0 bridgehead atoms. The maximum absolute atomic E-state index is 13.8. The molecule has 4 N–H and O–H groups in total. The number of amides is 4. The summed E-state index contributed by atoms with van der Waals surface area (Å²) in [7, 11) is 3.78. The van der Waals surface area contributed by atoms with Crippen LogP contribution in [0.4, 0.5) is 32.3 Å². The average molecular weight is 625 g/mol. The molecule has 3 aromatic carbocycles. The predicted octanol–water partition coefficient (Wildman–Crippen LogP) is 9.28. The molecule has 2 saturated carbocycles. The van der Waals surface area contributed by atoms with Gasteiger partial charge in [-0.3, -0.25) is 0 Å². The molecule has 0 spiro atoms. The molecule has 0 aliphatic heterocycles. The van der Waals surface area contributed by atoms with Crippen LogP contribution in [0.15, 0.2) is 72.8 Å². The minimum absolute atomic E-state index is 0.0572. The fourth-order valence-electron chi connectivity index (χ4n) is 6.92. The first-order valence-electron chi connectivity index (χ1n) is 17.3. The minimum Gasteiger partial charge on any atom is -0.388 e. The Kier molecular flexibility index (Phi) is 12.2. The Morgan fingerprint density at radius 3 is 1.24 bits per heavy atom. The Morgan fingerprint density at radius 1 is 0.543 bits per heavy atom. The van der Waals surface area contributed by atoms with Gasteiger partial charge in [-0.15, -0.1) is 0 Å². The van der Waals surface area contributed by atoms with E-state index in [1.54, 1.807) is 0 Å². The van der Waals surface area contributed by atoms with E-state index in [9.17, 15) is 9.59 Å². The molecular weight excluding hydrogens is 572 g/mol. The molecule has 4 amide bonds. The van der Waals surface area contributed by atoms with E-state index in [0.717, 1.165) is 85.2 Å². The van der Waals surface area contributed by atoms with Crippen molar-refractivity contribution in [2.24, 2.45) is 0 Å². The third-order valence-electron chi connectivity index (χ3n) is 9.60.